The van der Waals surface area contributed by atoms with Gasteiger partial charge >= 0.3 is 0 Å². The van der Waals surface area contributed by atoms with E-state index >= 15 is 0 Å². The number of carbonyl (C=O) groups excluding carboxylic acids is 1. The van der Waals surface area contributed by atoms with Gasteiger partial charge in [-0.15, -0.1) is 0 Å². The van der Waals surface area contributed by atoms with Gasteiger partial charge in [0.1, 0.15) is 5.82 Å². The van der Waals surface area contributed by atoms with Gasteiger partial charge in [0.2, 0.25) is 5.82 Å². The summed E-state index contributed by atoms with van der Waals surface area (Å²) in [7, 11) is 1.85. The summed E-state index contributed by atoms with van der Waals surface area (Å²) in [6.45, 7) is 1.88. The van der Waals surface area contributed by atoms with Crippen LogP contribution in [0.3, 0.4) is 0 Å². The second-order valence-electron chi connectivity index (χ2n) is 6.43. The third-order valence-corrected chi connectivity index (χ3v) is 5.72. The molecule has 1 aliphatic carbocycles. The fourth-order valence-corrected chi connectivity index (χ4v) is 4.35. The van der Waals surface area contributed by atoms with Crippen LogP contribution in [0.15, 0.2) is 6.20 Å². The predicted octanol–water partition coefficient (Wildman–Crippen LogP) is 1.59. The van der Waals surface area contributed by atoms with Crippen molar-refractivity contribution in [1.29, 1.82) is 0 Å². The van der Waals surface area contributed by atoms with Gasteiger partial charge in [0, 0.05) is 37.7 Å². The number of nitrogens with one attached hydrogen (secondary N) is 1. The highest BCUT2D eigenvalue weighted by molar-refractivity contribution is 7.99. The molecular formula is C16H22N6OS. The van der Waals surface area contributed by atoms with E-state index in [1.165, 1.54) is 12.8 Å². The summed E-state index contributed by atoms with van der Waals surface area (Å²) >= 11 is 1.95. The summed E-state index contributed by atoms with van der Waals surface area (Å²) in [6, 6.07) is 0.262. The van der Waals surface area contributed by atoms with Crippen molar-refractivity contribution in [2.45, 2.75) is 31.7 Å². The SMILES string of the molecule is Cn1ncc2c(N3CCSCC3)nc(C(=O)NC3CCCC3)nc21. The van der Waals surface area contributed by atoms with Crippen LogP contribution in [-0.4, -0.2) is 56.3 Å². The first-order valence-electron chi connectivity index (χ1n) is 8.55. The molecule has 0 aromatic carbocycles. The van der Waals surface area contributed by atoms with Crippen LogP contribution in [0, 0.1) is 0 Å². The summed E-state index contributed by atoms with van der Waals surface area (Å²) in [5.41, 5.74) is 0.717. The van der Waals surface area contributed by atoms with Crippen molar-refractivity contribution in [2.24, 2.45) is 7.05 Å². The van der Waals surface area contributed by atoms with Gasteiger partial charge in [0.25, 0.3) is 5.91 Å². The first-order chi connectivity index (χ1) is 11.7. The zero-order chi connectivity index (χ0) is 16.5. The Morgan fingerprint density at radius 3 is 2.75 bits per heavy atom. The lowest BCUT2D eigenvalue weighted by atomic mass is 10.2. The van der Waals surface area contributed by atoms with Crippen LogP contribution in [0.4, 0.5) is 5.82 Å². The van der Waals surface area contributed by atoms with Crippen molar-refractivity contribution in [1.82, 2.24) is 25.1 Å². The molecular weight excluding hydrogens is 324 g/mol. The van der Waals surface area contributed by atoms with Crippen LogP contribution in [0.25, 0.3) is 11.0 Å². The maximum Gasteiger partial charge on any atom is 0.289 e. The van der Waals surface area contributed by atoms with Crippen LogP contribution in [0.1, 0.15) is 36.3 Å². The number of rotatable bonds is 3. The van der Waals surface area contributed by atoms with Crippen LogP contribution in [0.5, 0.6) is 0 Å². The fraction of sp³-hybridized carbons (Fsp3) is 0.625. The van der Waals surface area contributed by atoms with E-state index in [1.807, 2.05) is 18.8 Å². The summed E-state index contributed by atoms with van der Waals surface area (Å²) < 4.78 is 1.71. The van der Waals surface area contributed by atoms with Gasteiger partial charge in [-0.1, -0.05) is 12.8 Å². The summed E-state index contributed by atoms with van der Waals surface area (Å²) in [5.74, 6) is 3.08. The Labute approximate surface area is 145 Å². The molecule has 7 nitrogen and oxygen atoms in total. The van der Waals surface area contributed by atoms with E-state index in [2.05, 4.69) is 25.3 Å². The molecule has 24 heavy (non-hydrogen) atoms. The van der Waals surface area contributed by atoms with Crippen molar-refractivity contribution in [3.8, 4) is 0 Å². The molecule has 128 valence electrons. The zero-order valence-corrected chi connectivity index (χ0v) is 14.7. The second kappa shape index (κ2) is 6.58. The molecule has 4 rings (SSSR count). The smallest absolute Gasteiger partial charge is 0.289 e. The molecule has 1 saturated heterocycles. The molecule has 1 aliphatic heterocycles. The number of nitrogens with zero attached hydrogens (tertiary/aromatic N) is 5. The molecule has 3 heterocycles. The highest BCUT2D eigenvalue weighted by Crippen LogP contribution is 2.26. The van der Waals surface area contributed by atoms with E-state index in [1.54, 1.807) is 10.9 Å². The van der Waals surface area contributed by atoms with E-state index in [-0.39, 0.29) is 17.8 Å². The third-order valence-electron chi connectivity index (χ3n) is 4.78. The van der Waals surface area contributed by atoms with Crippen molar-refractivity contribution in [2.75, 3.05) is 29.5 Å². The quantitative estimate of drug-likeness (QED) is 0.909. The highest BCUT2D eigenvalue weighted by Gasteiger charge is 2.24. The first-order valence-corrected chi connectivity index (χ1v) is 9.71. The highest BCUT2D eigenvalue weighted by atomic mass is 32.2. The molecule has 2 aliphatic rings. The van der Waals surface area contributed by atoms with Gasteiger partial charge in [-0.05, 0) is 12.8 Å². The van der Waals surface area contributed by atoms with Crippen molar-refractivity contribution < 1.29 is 4.79 Å². The normalized spacial score (nSPS) is 19.1. The standard InChI is InChI=1S/C16H22N6OS/c1-21-14-12(10-17-21)15(22-6-8-24-9-7-22)20-13(19-14)16(23)18-11-4-2-3-5-11/h10-11H,2-9H2,1H3,(H,18,23). The number of carbonyl (C=O) groups is 1. The summed E-state index contributed by atoms with van der Waals surface area (Å²) in [4.78, 5) is 24.0. The van der Waals surface area contributed by atoms with Gasteiger partial charge in [0.15, 0.2) is 5.65 Å². The number of amides is 1. The minimum Gasteiger partial charge on any atom is -0.354 e. The molecule has 1 saturated carbocycles. The van der Waals surface area contributed by atoms with Crippen LogP contribution >= 0.6 is 11.8 Å². The third kappa shape index (κ3) is 2.94. The Bertz CT molecular complexity index is 748. The Kier molecular flexibility index (Phi) is 4.30. The maximum absolute atomic E-state index is 12.6. The summed E-state index contributed by atoms with van der Waals surface area (Å²) in [6.07, 6.45) is 6.27. The van der Waals surface area contributed by atoms with Crippen LogP contribution in [0.2, 0.25) is 0 Å². The molecule has 1 N–H and O–H groups in total. The molecule has 0 radical (unpaired) electrons. The van der Waals surface area contributed by atoms with E-state index in [4.69, 9.17) is 0 Å². The maximum atomic E-state index is 12.6. The Balaban J connectivity index is 1.69. The first kappa shape index (κ1) is 15.7. The predicted molar refractivity (Wildman–Crippen MR) is 95.6 cm³/mol. The van der Waals surface area contributed by atoms with Crippen molar-refractivity contribution in [3.63, 3.8) is 0 Å². The molecule has 0 unspecified atom stereocenters. The average molecular weight is 346 g/mol. The lowest BCUT2D eigenvalue weighted by molar-refractivity contribution is 0.0927. The van der Waals surface area contributed by atoms with Crippen molar-refractivity contribution in [3.05, 3.63) is 12.0 Å². The Hall–Kier alpha value is -1.83. The fourth-order valence-electron chi connectivity index (χ4n) is 3.45. The minimum absolute atomic E-state index is 0.169. The number of thioether (sulfide) groups is 1. The van der Waals surface area contributed by atoms with E-state index in [0.29, 0.717) is 0 Å². The van der Waals surface area contributed by atoms with E-state index in [9.17, 15) is 4.79 Å². The minimum atomic E-state index is -0.169. The monoisotopic (exact) mass is 346 g/mol. The van der Waals surface area contributed by atoms with Crippen LogP contribution in [-0.2, 0) is 7.05 Å². The van der Waals surface area contributed by atoms with Gasteiger partial charge in [-0.2, -0.15) is 16.9 Å². The number of aromatic nitrogens is 4. The van der Waals surface area contributed by atoms with E-state index in [0.717, 1.165) is 54.3 Å². The molecule has 8 heteroatoms. The molecule has 2 aromatic heterocycles. The van der Waals surface area contributed by atoms with Gasteiger partial charge in [-0.3, -0.25) is 9.48 Å². The Morgan fingerprint density at radius 1 is 1.25 bits per heavy atom. The van der Waals surface area contributed by atoms with Crippen LogP contribution < -0.4 is 10.2 Å². The molecule has 2 aromatic rings. The van der Waals surface area contributed by atoms with Crippen molar-refractivity contribution >= 4 is 34.5 Å². The number of aryl methyl sites for hydroxylation is 1. The van der Waals surface area contributed by atoms with Gasteiger partial charge in [0.05, 0.1) is 11.6 Å². The lowest BCUT2D eigenvalue weighted by Crippen LogP contribution is -2.36. The molecule has 1 amide bonds. The average Bonchev–Trinajstić information content (AvgIpc) is 3.25. The second-order valence-corrected chi connectivity index (χ2v) is 7.66. The zero-order valence-electron chi connectivity index (χ0n) is 13.9. The largest absolute Gasteiger partial charge is 0.354 e. The molecule has 0 spiro atoms. The number of hydrogen-bond donors (Lipinski definition) is 1. The number of hydrogen-bond acceptors (Lipinski definition) is 6. The number of fused-ring (bicyclic) bond motifs is 1. The number of anilines is 1. The van der Waals surface area contributed by atoms with Gasteiger partial charge < -0.3 is 10.2 Å². The Morgan fingerprint density at radius 2 is 2.00 bits per heavy atom. The van der Waals surface area contributed by atoms with Gasteiger partial charge in [-0.25, -0.2) is 9.97 Å². The molecule has 0 bridgehead atoms. The van der Waals surface area contributed by atoms with E-state index < -0.39 is 0 Å². The molecule has 2 fully saturated rings. The molecule has 0 atom stereocenters. The lowest BCUT2D eigenvalue weighted by Gasteiger charge is -2.28. The topological polar surface area (TPSA) is 75.9 Å². The summed E-state index contributed by atoms with van der Waals surface area (Å²) in [5, 5.41) is 8.31.